The van der Waals surface area contributed by atoms with E-state index in [-0.39, 0.29) is 0 Å². The summed E-state index contributed by atoms with van der Waals surface area (Å²) in [6.07, 6.45) is 4.94. The first-order valence-corrected chi connectivity index (χ1v) is 5.02. The number of ether oxygens (including phenoxy) is 1. The minimum absolute atomic E-state index is 0.424. The molecule has 0 amide bonds. The zero-order valence-corrected chi connectivity index (χ0v) is 8.25. The first-order valence-electron chi connectivity index (χ1n) is 5.02. The monoisotopic (exact) mass is 171 g/mol. The van der Waals surface area contributed by atoms with Crippen LogP contribution in [0.3, 0.4) is 0 Å². The highest BCUT2D eigenvalue weighted by Crippen LogP contribution is 2.31. The number of hydrogen-bond acceptors (Lipinski definition) is 2. The molecule has 2 heteroatoms. The van der Waals surface area contributed by atoms with E-state index in [1.54, 1.807) is 7.11 Å². The first kappa shape index (κ1) is 10.0. The summed E-state index contributed by atoms with van der Waals surface area (Å²) in [5.74, 6) is 1.56. The van der Waals surface area contributed by atoms with Gasteiger partial charge in [0.05, 0.1) is 0 Å². The topological polar surface area (TPSA) is 35.2 Å². The van der Waals surface area contributed by atoms with Gasteiger partial charge in [0.15, 0.2) is 0 Å². The summed E-state index contributed by atoms with van der Waals surface area (Å²) in [6.45, 7) is 3.16. The van der Waals surface area contributed by atoms with E-state index in [1.165, 1.54) is 19.3 Å². The van der Waals surface area contributed by atoms with Gasteiger partial charge in [-0.15, -0.1) is 0 Å². The van der Waals surface area contributed by atoms with Crippen molar-refractivity contribution in [3.05, 3.63) is 0 Å². The van der Waals surface area contributed by atoms with Crippen LogP contribution in [0.4, 0.5) is 0 Å². The Morgan fingerprint density at radius 2 is 2.08 bits per heavy atom. The van der Waals surface area contributed by atoms with E-state index >= 15 is 0 Å². The molecule has 2 N–H and O–H groups in total. The summed E-state index contributed by atoms with van der Waals surface area (Å²) in [5, 5.41) is 0. The number of nitrogens with two attached hydrogens (primary N) is 1. The van der Waals surface area contributed by atoms with Gasteiger partial charge in [0, 0.05) is 19.8 Å². The van der Waals surface area contributed by atoms with Crippen LogP contribution in [-0.4, -0.2) is 19.8 Å². The van der Waals surface area contributed by atoms with Crippen LogP contribution in [0.2, 0.25) is 0 Å². The molecule has 0 aliphatic heterocycles. The van der Waals surface area contributed by atoms with E-state index in [4.69, 9.17) is 10.5 Å². The lowest BCUT2D eigenvalue weighted by Crippen LogP contribution is -2.35. The third-order valence-corrected chi connectivity index (χ3v) is 3.09. The molecule has 0 radical (unpaired) electrons. The molecule has 1 saturated carbocycles. The minimum atomic E-state index is 0.424. The average Bonchev–Trinajstić information content (AvgIpc) is 2.05. The minimum Gasteiger partial charge on any atom is -0.384 e. The van der Waals surface area contributed by atoms with Crippen LogP contribution in [0, 0.1) is 11.8 Å². The molecule has 0 saturated heterocycles. The van der Waals surface area contributed by atoms with E-state index in [1.807, 2.05) is 0 Å². The highest BCUT2D eigenvalue weighted by molar-refractivity contribution is 4.80. The van der Waals surface area contributed by atoms with Crippen LogP contribution in [0.5, 0.6) is 0 Å². The SMILES string of the molecule is CCC1CCC(N)CC1COC. The summed E-state index contributed by atoms with van der Waals surface area (Å²) in [7, 11) is 1.78. The van der Waals surface area contributed by atoms with Crippen LogP contribution >= 0.6 is 0 Å². The molecule has 12 heavy (non-hydrogen) atoms. The number of rotatable bonds is 3. The lowest BCUT2D eigenvalue weighted by Gasteiger charge is -2.33. The van der Waals surface area contributed by atoms with Crippen LogP contribution in [0.25, 0.3) is 0 Å². The highest BCUT2D eigenvalue weighted by Gasteiger charge is 2.27. The highest BCUT2D eigenvalue weighted by atomic mass is 16.5. The molecule has 3 atom stereocenters. The number of methoxy groups -OCH3 is 1. The van der Waals surface area contributed by atoms with Gasteiger partial charge in [-0.25, -0.2) is 0 Å². The Morgan fingerprint density at radius 1 is 1.33 bits per heavy atom. The van der Waals surface area contributed by atoms with Gasteiger partial charge in [-0.05, 0) is 31.1 Å². The van der Waals surface area contributed by atoms with Crippen LogP contribution in [-0.2, 0) is 4.74 Å². The Labute approximate surface area is 75.5 Å². The van der Waals surface area contributed by atoms with Gasteiger partial charge in [0.2, 0.25) is 0 Å². The zero-order valence-electron chi connectivity index (χ0n) is 8.25. The maximum Gasteiger partial charge on any atom is 0.0493 e. The van der Waals surface area contributed by atoms with Crippen LogP contribution < -0.4 is 5.73 Å². The van der Waals surface area contributed by atoms with Gasteiger partial charge in [0.1, 0.15) is 0 Å². The van der Waals surface area contributed by atoms with E-state index < -0.39 is 0 Å². The van der Waals surface area contributed by atoms with Crippen molar-refractivity contribution in [1.82, 2.24) is 0 Å². The lowest BCUT2D eigenvalue weighted by atomic mass is 9.76. The van der Waals surface area contributed by atoms with Gasteiger partial charge >= 0.3 is 0 Å². The van der Waals surface area contributed by atoms with Gasteiger partial charge < -0.3 is 10.5 Å². The second kappa shape index (κ2) is 4.83. The molecule has 0 aromatic rings. The van der Waals surface area contributed by atoms with Crippen molar-refractivity contribution in [3.63, 3.8) is 0 Å². The van der Waals surface area contributed by atoms with Crippen molar-refractivity contribution >= 4 is 0 Å². The third kappa shape index (κ3) is 2.46. The van der Waals surface area contributed by atoms with Crippen molar-refractivity contribution in [2.24, 2.45) is 17.6 Å². The molecule has 0 aromatic carbocycles. The fourth-order valence-electron chi connectivity index (χ4n) is 2.32. The Balaban J connectivity index is 2.40. The molecular weight excluding hydrogens is 150 g/mol. The molecule has 72 valence electrons. The van der Waals surface area contributed by atoms with Crippen molar-refractivity contribution < 1.29 is 4.74 Å². The van der Waals surface area contributed by atoms with Gasteiger partial charge in [-0.2, -0.15) is 0 Å². The molecule has 0 bridgehead atoms. The lowest BCUT2D eigenvalue weighted by molar-refractivity contribution is 0.0859. The molecule has 0 aromatic heterocycles. The normalized spacial score (nSPS) is 36.8. The van der Waals surface area contributed by atoms with Crippen molar-refractivity contribution in [2.75, 3.05) is 13.7 Å². The summed E-state index contributed by atoms with van der Waals surface area (Å²) >= 11 is 0. The van der Waals surface area contributed by atoms with Crippen molar-refractivity contribution in [2.45, 2.75) is 38.6 Å². The molecule has 0 heterocycles. The van der Waals surface area contributed by atoms with Gasteiger partial charge in [-0.3, -0.25) is 0 Å². The molecule has 1 aliphatic carbocycles. The molecule has 0 spiro atoms. The van der Waals surface area contributed by atoms with Crippen LogP contribution in [0.15, 0.2) is 0 Å². The predicted octanol–water partition coefficient (Wildman–Crippen LogP) is 1.79. The molecular formula is C10H21NO. The number of hydrogen-bond donors (Lipinski definition) is 1. The van der Waals surface area contributed by atoms with E-state index in [0.29, 0.717) is 12.0 Å². The Hall–Kier alpha value is -0.0800. The average molecular weight is 171 g/mol. The smallest absolute Gasteiger partial charge is 0.0493 e. The molecule has 1 fully saturated rings. The van der Waals surface area contributed by atoms with Gasteiger partial charge in [-0.1, -0.05) is 13.3 Å². The van der Waals surface area contributed by atoms with Crippen molar-refractivity contribution in [3.8, 4) is 0 Å². The van der Waals surface area contributed by atoms with Gasteiger partial charge in [0.25, 0.3) is 0 Å². The fourth-order valence-corrected chi connectivity index (χ4v) is 2.32. The summed E-state index contributed by atoms with van der Waals surface area (Å²) in [6, 6.07) is 0.424. The maximum atomic E-state index is 5.92. The quantitative estimate of drug-likeness (QED) is 0.702. The second-order valence-electron chi connectivity index (χ2n) is 3.96. The Kier molecular flexibility index (Phi) is 4.02. The summed E-state index contributed by atoms with van der Waals surface area (Å²) in [4.78, 5) is 0. The third-order valence-electron chi connectivity index (χ3n) is 3.09. The Morgan fingerprint density at radius 3 is 2.67 bits per heavy atom. The molecule has 1 rings (SSSR count). The molecule has 1 aliphatic rings. The van der Waals surface area contributed by atoms with E-state index in [2.05, 4.69) is 6.92 Å². The molecule has 2 nitrogen and oxygen atoms in total. The van der Waals surface area contributed by atoms with E-state index in [0.717, 1.165) is 18.9 Å². The largest absolute Gasteiger partial charge is 0.384 e. The zero-order chi connectivity index (χ0) is 8.97. The maximum absolute atomic E-state index is 5.92. The molecule has 3 unspecified atom stereocenters. The first-order chi connectivity index (χ1) is 5.77. The fraction of sp³-hybridized carbons (Fsp3) is 1.00. The summed E-state index contributed by atoms with van der Waals surface area (Å²) < 4.78 is 5.21. The predicted molar refractivity (Wildman–Crippen MR) is 51.0 cm³/mol. The second-order valence-corrected chi connectivity index (χ2v) is 3.96. The Bertz CT molecular complexity index is 127. The van der Waals surface area contributed by atoms with E-state index in [9.17, 15) is 0 Å². The van der Waals surface area contributed by atoms with Crippen LogP contribution in [0.1, 0.15) is 32.6 Å². The standard InChI is InChI=1S/C10H21NO/c1-3-8-4-5-10(11)6-9(8)7-12-2/h8-10H,3-7,11H2,1-2H3. The summed E-state index contributed by atoms with van der Waals surface area (Å²) in [5.41, 5.74) is 5.92. The van der Waals surface area contributed by atoms with Crippen molar-refractivity contribution in [1.29, 1.82) is 0 Å².